The van der Waals surface area contributed by atoms with Crippen molar-refractivity contribution in [3.8, 4) is 11.3 Å². The second-order valence-electron chi connectivity index (χ2n) is 7.20. The van der Waals surface area contributed by atoms with E-state index in [1.54, 1.807) is 35.5 Å². The van der Waals surface area contributed by atoms with Gasteiger partial charge in [0.1, 0.15) is 17.7 Å². The van der Waals surface area contributed by atoms with Crippen LogP contribution in [0.15, 0.2) is 36.7 Å². The van der Waals surface area contributed by atoms with Gasteiger partial charge in [0.2, 0.25) is 0 Å². The minimum Gasteiger partial charge on any atom is -0.383 e. The summed E-state index contributed by atoms with van der Waals surface area (Å²) in [6.45, 7) is 6.18. The maximum atomic E-state index is 14.0. The Hall–Kier alpha value is -2.54. The molecule has 6 nitrogen and oxygen atoms in total. The number of halogens is 1. The van der Waals surface area contributed by atoms with Gasteiger partial charge in [-0.05, 0) is 24.5 Å². The minimum atomic E-state index is -0.944. The summed E-state index contributed by atoms with van der Waals surface area (Å²) in [5, 5.41) is 10.0. The van der Waals surface area contributed by atoms with Gasteiger partial charge in [-0.25, -0.2) is 9.37 Å². The smallest absolute Gasteiger partial charge is 0.251 e. The first-order valence-electron chi connectivity index (χ1n) is 9.24. The first kappa shape index (κ1) is 19.2. The fraction of sp³-hybridized carbons (Fsp3) is 0.450. The van der Waals surface area contributed by atoms with E-state index in [4.69, 9.17) is 0 Å². The number of aliphatic hydroxyl groups is 1. The van der Waals surface area contributed by atoms with E-state index in [-0.39, 0.29) is 17.6 Å². The van der Waals surface area contributed by atoms with Gasteiger partial charge < -0.3 is 14.9 Å². The Morgan fingerprint density at radius 1 is 1.19 bits per heavy atom. The fourth-order valence-electron chi connectivity index (χ4n) is 3.22. The Bertz CT molecular complexity index is 791. The van der Waals surface area contributed by atoms with E-state index in [2.05, 4.69) is 9.97 Å². The SMILES string of the molecule is CC(C)C[C@@H](O)C(=O)N1CCN(c2cncc(-c3ccccc3F)n2)CC1. The van der Waals surface area contributed by atoms with E-state index < -0.39 is 6.10 Å². The molecule has 27 heavy (non-hydrogen) atoms. The van der Waals surface area contributed by atoms with Crippen molar-refractivity contribution in [1.82, 2.24) is 14.9 Å². The van der Waals surface area contributed by atoms with Gasteiger partial charge in [-0.2, -0.15) is 0 Å². The topological polar surface area (TPSA) is 69.6 Å². The third-order valence-corrected chi connectivity index (χ3v) is 4.67. The number of hydrogen-bond acceptors (Lipinski definition) is 5. The molecule has 1 fully saturated rings. The zero-order chi connectivity index (χ0) is 19.4. The van der Waals surface area contributed by atoms with Crippen molar-refractivity contribution < 1.29 is 14.3 Å². The fourth-order valence-corrected chi connectivity index (χ4v) is 3.22. The van der Waals surface area contributed by atoms with Crippen LogP contribution in [0.2, 0.25) is 0 Å². The molecule has 1 aliphatic rings. The summed E-state index contributed by atoms with van der Waals surface area (Å²) in [6, 6.07) is 6.48. The molecule has 0 radical (unpaired) electrons. The Morgan fingerprint density at radius 2 is 1.89 bits per heavy atom. The molecule has 1 atom stereocenters. The Labute approximate surface area is 158 Å². The molecule has 144 valence electrons. The van der Waals surface area contributed by atoms with Crippen LogP contribution in [0, 0.1) is 11.7 Å². The summed E-state index contributed by atoms with van der Waals surface area (Å²) < 4.78 is 14.0. The number of carbonyl (C=O) groups is 1. The molecule has 0 aliphatic carbocycles. The monoisotopic (exact) mass is 372 g/mol. The zero-order valence-corrected chi connectivity index (χ0v) is 15.7. The van der Waals surface area contributed by atoms with Crippen LogP contribution in [0.3, 0.4) is 0 Å². The van der Waals surface area contributed by atoms with Crippen LogP contribution in [0.5, 0.6) is 0 Å². The highest BCUT2D eigenvalue weighted by Gasteiger charge is 2.27. The predicted octanol–water partition coefficient (Wildman–Crippen LogP) is 2.34. The molecule has 0 bridgehead atoms. The van der Waals surface area contributed by atoms with Gasteiger partial charge in [0.25, 0.3) is 5.91 Å². The highest BCUT2D eigenvalue weighted by Crippen LogP contribution is 2.23. The number of aliphatic hydroxyl groups excluding tert-OH is 1. The van der Waals surface area contributed by atoms with Crippen LogP contribution >= 0.6 is 0 Å². The van der Waals surface area contributed by atoms with Gasteiger partial charge in [-0.15, -0.1) is 0 Å². The van der Waals surface area contributed by atoms with Crippen LogP contribution < -0.4 is 4.90 Å². The predicted molar refractivity (Wildman–Crippen MR) is 102 cm³/mol. The van der Waals surface area contributed by atoms with Gasteiger partial charge in [0.05, 0.1) is 18.1 Å². The molecule has 7 heteroatoms. The Kier molecular flexibility index (Phi) is 6.01. The number of carbonyl (C=O) groups excluding carboxylic acids is 1. The molecular weight excluding hydrogens is 347 g/mol. The van der Waals surface area contributed by atoms with Crippen molar-refractivity contribution in [2.45, 2.75) is 26.4 Å². The van der Waals surface area contributed by atoms with Gasteiger partial charge >= 0.3 is 0 Å². The number of nitrogens with zero attached hydrogens (tertiary/aromatic N) is 4. The minimum absolute atomic E-state index is 0.213. The third kappa shape index (κ3) is 4.60. The number of amides is 1. The van der Waals surface area contributed by atoms with E-state index in [0.29, 0.717) is 49.7 Å². The summed E-state index contributed by atoms with van der Waals surface area (Å²) in [7, 11) is 0. The van der Waals surface area contributed by atoms with E-state index in [9.17, 15) is 14.3 Å². The Balaban J connectivity index is 1.66. The Morgan fingerprint density at radius 3 is 2.56 bits per heavy atom. The number of piperazine rings is 1. The van der Waals surface area contributed by atoms with Crippen molar-refractivity contribution in [3.05, 3.63) is 42.5 Å². The molecule has 2 heterocycles. The number of rotatable bonds is 5. The van der Waals surface area contributed by atoms with Crippen molar-refractivity contribution >= 4 is 11.7 Å². The number of hydrogen-bond donors (Lipinski definition) is 1. The number of anilines is 1. The second kappa shape index (κ2) is 8.43. The van der Waals surface area contributed by atoms with Crippen molar-refractivity contribution in [1.29, 1.82) is 0 Å². The lowest BCUT2D eigenvalue weighted by Crippen LogP contribution is -2.51. The largest absolute Gasteiger partial charge is 0.383 e. The van der Waals surface area contributed by atoms with E-state index in [1.807, 2.05) is 18.7 Å². The van der Waals surface area contributed by atoms with Crippen molar-refractivity contribution in [3.63, 3.8) is 0 Å². The lowest BCUT2D eigenvalue weighted by atomic mass is 10.0. The molecule has 0 saturated carbocycles. The quantitative estimate of drug-likeness (QED) is 0.872. The lowest BCUT2D eigenvalue weighted by molar-refractivity contribution is -0.141. The van der Waals surface area contributed by atoms with E-state index >= 15 is 0 Å². The summed E-state index contributed by atoms with van der Waals surface area (Å²) in [4.78, 5) is 24.8. The molecule has 1 aromatic carbocycles. The van der Waals surface area contributed by atoms with Crippen molar-refractivity contribution in [2.24, 2.45) is 5.92 Å². The van der Waals surface area contributed by atoms with E-state index in [0.717, 1.165) is 0 Å². The normalized spacial score (nSPS) is 15.9. The van der Waals surface area contributed by atoms with Crippen LogP contribution in [-0.2, 0) is 4.79 Å². The highest BCUT2D eigenvalue weighted by atomic mass is 19.1. The molecule has 1 aromatic heterocycles. The van der Waals surface area contributed by atoms with E-state index in [1.165, 1.54) is 6.07 Å². The molecule has 1 saturated heterocycles. The van der Waals surface area contributed by atoms with Gasteiger partial charge in [-0.1, -0.05) is 26.0 Å². The number of benzene rings is 1. The first-order chi connectivity index (χ1) is 13.0. The van der Waals surface area contributed by atoms with Crippen LogP contribution in [0.1, 0.15) is 20.3 Å². The standard InChI is InChI=1S/C20H25FN4O2/c1-14(2)11-18(26)20(27)25-9-7-24(8-10-25)19-13-22-12-17(23-19)15-5-3-4-6-16(15)21/h3-6,12-14,18,26H,7-11H2,1-2H3/t18-/m1/s1. The summed E-state index contributed by atoms with van der Waals surface area (Å²) >= 11 is 0. The molecule has 1 amide bonds. The molecule has 0 unspecified atom stereocenters. The van der Waals surface area contributed by atoms with Crippen LogP contribution in [0.4, 0.5) is 10.2 Å². The van der Waals surface area contributed by atoms with Gasteiger partial charge in [-0.3, -0.25) is 9.78 Å². The summed E-state index contributed by atoms with van der Waals surface area (Å²) in [5.41, 5.74) is 0.897. The molecule has 1 aliphatic heterocycles. The maximum Gasteiger partial charge on any atom is 0.251 e. The molecule has 1 N–H and O–H groups in total. The summed E-state index contributed by atoms with van der Waals surface area (Å²) in [5.74, 6) is 0.375. The maximum absolute atomic E-state index is 14.0. The molecular formula is C20H25FN4O2. The average Bonchev–Trinajstić information content (AvgIpc) is 2.67. The third-order valence-electron chi connectivity index (χ3n) is 4.67. The lowest BCUT2D eigenvalue weighted by Gasteiger charge is -2.36. The molecule has 0 spiro atoms. The zero-order valence-electron chi connectivity index (χ0n) is 15.7. The number of aromatic nitrogens is 2. The van der Waals surface area contributed by atoms with Crippen LogP contribution in [0.25, 0.3) is 11.3 Å². The molecule has 3 rings (SSSR count). The van der Waals surface area contributed by atoms with Crippen molar-refractivity contribution in [2.75, 3.05) is 31.1 Å². The average molecular weight is 372 g/mol. The van der Waals surface area contributed by atoms with Gasteiger partial charge in [0.15, 0.2) is 0 Å². The highest BCUT2D eigenvalue weighted by molar-refractivity contribution is 5.81. The molecule has 2 aromatic rings. The van der Waals surface area contributed by atoms with Gasteiger partial charge in [0, 0.05) is 31.7 Å². The van der Waals surface area contributed by atoms with Crippen LogP contribution in [-0.4, -0.2) is 58.2 Å². The summed E-state index contributed by atoms with van der Waals surface area (Å²) in [6.07, 6.45) is 2.72. The second-order valence-corrected chi connectivity index (χ2v) is 7.20. The first-order valence-corrected chi connectivity index (χ1v) is 9.24.